The topological polar surface area (TPSA) is 51.8 Å². The minimum atomic E-state index is 0.302. The van der Waals surface area contributed by atoms with Gasteiger partial charge < -0.3 is 5.73 Å². The maximum Gasteiger partial charge on any atom is 0.220 e. The molecule has 0 aliphatic rings. The van der Waals surface area contributed by atoms with Crippen molar-refractivity contribution in [1.82, 2.24) is 9.97 Å². The number of thiophene rings is 1. The van der Waals surface area contributed by atoms with Gasteiger partial charge in [-0.15, -0.1) is 11.3 Å². The molecule has 2 N–H and O–H groups in total. The van der Waals surface area contributed by atoms with Crippen molar-refractivity contribution in [2.75, 3.05) is 5.73 Å². The molecule has 0 saturated heterocycles. The molecular formula is C10H9N3S. The van der Waals surface area contributed by atoms with E-state index in [4.69, 9.17) is 5.73 Å². The fourth-order valence-electron chi connectivity index (χ4n) is 1.11. The van der Waals surface area contributed by atoms with E-state index < -0.39 is 0 Å². The van der Waals surface area contributed by atoms with Crippen LogP contribution in [0, 0.1) is 0 Å². The Morgan fingerprint density at radius 1 is 1.36 bits per heavy atom. The second-order valence-corrected chi connectivity index (χ2v) is 3.82. The van der Waals surface area contributed by atoms with Gasteiger partial charge in [-0.3, -0.25) is 0 Å². The van der Waals surface area contributed by atoms with E-state index in [2.05, 4.69) is 16.5 Å². The molecule has 2 aromatic rings. The Balaban J connectivity index is 2.43. The van der Waals surface area contributed by atoms with Gasteiger partial charge in [0.25, 0.3) is 0 Å². The lowest BCUT2D eigenvalue weighted by Gasteiger charge is -1.95. The van der Waals surface area contributed by atoms with E-state index in [1.807, 2.05) is 24.3 Å². The van der Waals surface area contributed by atoms with Crippen LogP contribution in [0.2, 0.25) is 0 Å². The van der Waals surface area contributed by atoms with Crippen molar-refractivity contribution in [3.8, 4) is 10.6 Å². The van der Waals surface area contributed by atoms with Gasteiger partial charge in [0.2, 0.25) is 5.95 Å². The van der Waals surface area contributed by atoms with Crippen molar-refractivity contribution in [2.45, 2.75) is 0 Å². The van der Waals surface area contributed by atoms with Gasteiger partial charge in [0.05, 0.1) is 10.6 Å². The highest BCUT2D eigenvalue weighted by Gasteiger charge is 2.02. The zero-order valence-electron chi connectivity index (χ0n) is 7.47. The minimum absolute atomic E-state index is 0.302. The van der Waals surface area contributed by atoms with Crippen LogP contribution in [-0.2, 0) is 0 Å². The van der Waals surface area contributed by atoms with E-state index in [0.717, 1.165) is 15.4 Å². The molecule has 0 spiro atoms. The molecule has 0 fully saturated rings. The highest BCUT2D eigenvalue weighted by atomic mass is 32.1. The van der Waals surface area contributed by atoms with Crippen LogP contribution >= 0.6 is 11.3 Å². The van der Waals surface area contributed by atoms with E-state index in [1.165, 1.54) is 0 Å². The average molecular weight is 203 g/mol. The Kier molecular flexibility index (Phi) is 2.28. The van der Waals surface area contributed by atoms with Gasteiger partial charge in [0, 0.05) is 11.1 Å². The molecule has 0 aliphatic carbocycles. The maximum absolute atomic E-state index is 5.50. The third-order valence-corrected chi connectivity index (χ3v) is 2.86. The van der Waals surface area contributed by atoms with Crippen molar-refractivity contribution >= 4 is 23.4 Å². The number of nitrogens with two attached hydrogens (primary N) is 1. The molecule has 2 aromatic heterocycles. The summed E-state index contributed by atoms with van der Waals surface area (Å²) in [5, 5.41) is 0. The quantitative estimate of drug-likeness (QED) is 0.815. The number of rotatable bonds is 2. The molecule has 0 unspecified atom stereocenters. The molecule has 70 valence electrons. The van der Waals surface area contributed by atoms with Crippen LogP contribution in [-0.4, -0.2) is 9.97 Å². The normalized spacial score (nSPS) is 10.0. The first kappa shape index (κ1) is 8.90. The van der Waals surface area contributed by atoms with Crippen LogP contribution < -0.4 is 5.73 Å². The van der Waals surface area contributed by atoms with Crippen LogP contribution in [0.4, 0.5) is 5.95 Å². The molecule has 0 amide bonds. The van der Waals surface area contributed by atoms with Gasteiger partial charge in [-0.05, 0) is 18.2 Å². The number of hydrogen-bond donors (Lipinski definition) is 1. The van der Waals surface area contributed by atoms with Crippen LogP contribution in [0.1, 0.15) is 4.88 Å². The van der Waals surface area contributed by atoms with Crippen LogP contribution in [0.25, 0.3) is 16.6 Å². The number of nitrogens with zero attached hydrogens (tertiary/aromatic N) is 2. The average Bonchev–Trinajstić information content (AvgIpc) is 2.66. The third kappa shape index (κ3) is 1.65. The summed E-state index contributed by atoms with van der Waals surface area (Å²) in [4.78, 5) is 10.2. The predicted octanol–water partition coefficient (Wildman–Crippen LogP) is 2.43. The number of nitrogen functional groups attached to an aromatic ring is 1. The summed E-state index contributed by atoms with van der Waals surface area (Å²) in [6.07, 6.45) is 3.48. The van der Waals surface area contributed by atoms with Crippen molar-refractivity contribution in [1.29, 1.82) is 0 Å². The van der Waals surface area contributed by atoms with E-state index in [9.17, 15) is 0 Å². The molecule has 2 heterocycles. The van der Waals surface area contributed by atoms with Gasteiger partial charge in [-0.1, -0.05) is 12.7 Å². The summed E-state index contributed by atoms with van der Waals surface area (Å²) < 4.78 is 0. The maximum atomic E-state index is 5.50. The molecule has 0 aromatic carbocycles. The Morgan fingerprint density at radius 3 is 2.86 bits per heavy atom. The van der Waals surface area contributed by atoms with E-state index in [-0.39, 0.29) is 0 Å². The zero-order chi connectivity index (χ0) is 9.97. The van der Waals surface area contributed by atoms with Crippen LogP contribution in [0.15, 0.2) is 31.0 Å². The highest BCUT2D eigenvalue weighted by molar-refractivity contribution is 7.16. The first-order valence-corrected chi connectivity index (χ1v) is 4.92. The molecule has 0 aliphatic heterocycles. The van der Waals surface area contributed by atoms with Gasteiger partial charge in [0.15, 0.2) is 0 Å². The first-order chi connectivity index (χ1) is 6.79. The van der Waals surface area contributed by atoms with Gasteiger partial charge in [-0.25, -0.2) is 9.97 Å². The number of aromatic nitrogens is 2. The van der Waals surface area contributed by atoms with Crippen molar-refractivity contribution < 1.29 is 0 Å². The van der Waals surface area contributed by atoms with Crippen LogP contribution in [0.5, 0.6) is 0 Å². The van der Waals surface area contributed by atoms with Crippen LogP contribution in [0.3, 0.4) is 0 Å². The second-order valence-electron chi connectivity index (χ2n) is 2.71. The zero-order valence-corrected chi connectivity index (χ0v) is 8.29. The molecule has 4 heteroatoms. The minimum Gasteiger partial charge on any atom is -0.368 e. The fourth-order valence-corrected chi connectivity index (χ4v) is 1.94. The Labute approximate surface area is 85.9 Å². The molecule has 0 atom stereocenters. The second kappa shape index (κ2) is 3.59. The van der Waals surface area contributed by atoms with Gasteiger partial charge in [0.1, 0.15) is 0 Å². The summed E-state index contributed by atoms with van der Waals surface area (Å²) in [5.74, 6) is 0.302. The summed E-state index contributed by atoms with van der Waals surface area (Å²) in [5.41, 5.74) is 6.35. The third-order valence-electron chi connectivity index (χ3n) is 1.75. The largest absolute Gasteiger partial charge is 0.368 e. The summed E-state index contributed by atoms with van der Waals surface area (Å²) in [6.45, 7) is 3.71. The lowest BCUT2D eigenvalue weighted by Crippen LogP contribution is -1.93. The van der Waals surface area contributed by atoms with Crippen molar-refractivity contribution in [2.24, 2.45) is 0 Å². The molecule has 0 bridgehead atoms. The molecule has 2 rings (SSSR count). The molecule has 3 nitrogen and oxygen atoms in total. The van der Waals surface area contributed by atoms with E-state index in [0.29, 0.717) is 5.95 Å². The lowest BCUT2D eigenvalue weighted by molar-refractivity contribution is 1.19. The molecule has 14 heavy (non-hydrogen) atoms. The Morgan fingerprint density at radius 2 is 2.21 bits per heavy atom. The van der Waals surface area contributed by atoms with Gasteiger partial charge >= 0.3 is 0 Å². The van der Waals surface area contributed by atoms with Crippen molar-refractivity contribution in [3.05, 3.63) is 35.9 Å². The Bertz CT molecular complexity index is 462. The number of anilines is 1. The summed E-state index contributed by atoms with van der Waals surface area (Å²) >= 11 is 1.63. The smallest absolute Gasteiger partial charge is 0.220 e. The van der Waals surface area contributed by atoms with Gasteiger partial charge in [-0.2, -0.15) is 0 Å². The standard InChI is InChI=1S/C10H9N3S/c1-2-7-3-4-9(14-7)8-5-6-12-10(11)13-8/h2-6H,1H2,(H2,11,12,13). The lowest BCUT2D eigenvalue weighted by atomic mass is 10.3. The summed E-state index contributed by atoms with van der Waals surface area (Å²) in [6, 6.07) is 5.85. The fraction of sp³-hybridized carbons (Fsp3) is 0. The van der Waals surface area contributed by atoms with Crippen molar-refractivity contribution in [3.63, 3.8) is 0 Å². The monoisotopic (exact) mass is 203 g/mol. The molecule has 0 saturated carbocycles. The first-order valence-electron chi connectivity index (χ1n) is 4.11. The predicted molar refractivity (Wildman–Crippen MR) is 59.8 cm³/mol. The summed E-state index contributed by atoms with van der Waals surface area (Å²) in [7, 11) is 0. The highest BCUT2D eigenvalue weighted by Crippen LogP contribution is 2.26. The number of hydrogen-bond acceptors (Lipinski definition) is 4. The molecule has 0 radical (unpaired) electrons. The van der Waals surface area contributed by atoms with E-state index >= 15 is 0 Å². The van der Waals surface area contributed by atoms with E-state index in [1.54, 1.807) is 17.5 Å². The SMILES string of the molecule is C=Cc1ccc(-c2ccnc(N)n2)s1. The molecular weight excluding hydrogens is 194 g/mol. The Hall–Kier alpha value is -1.68.